The molecule has 1 aliphatic rings. The van der Waals surface area contributed by atoms with Crippen molar-refractivity contribution in [2.24, 2.45) is 7.05 Å². The number of hydrogen-bond acceptors (Lipinski definition) is 4. The second-order valence-corrected chi connectivity index (χ2v) is 6.45. The Balaban J connectivity index is 1.90. The number of hydrogen-bond donors (Lipinski definition) is 1. The van der Waals surface area contributed by atoms with E-state index in [-0.39, 0.29) is 12.7 Å². The fraction of sp³-hybridized carbons (Fsp3) is 0.438. The number of aliphatic hydroxyl groups excluding tert-OH is 1. The van der Waals surface area contributed by atoms with Crippen molar-refractivity contribution in [2.45, 2.75) is 24.7 Å². The van der Waals surface area contributed by atoms with Crippen molar-refractivity contribution in [2.75, 3.05) is 13.2 Å². The molecule has 2 heterocycles. The van der Waals surface area contributed by atoms with E-state index in [1.165, 1.54) is 0 Å². The predicted octanol–water partition coefficient (Wildman–Crippen LogP) is 2.92. The van der Waals surface area contributed by atoms with Gasteiger partial charge < -0.3 is 19.1 Å². The van der Waals surface area contributed by atoms with Crippen LogP contribution in [0.1, 0.15) is 17.7 Å². The van der Waals surface area contributed by atoms with Crippen molar-refractivity contribution in [1.82, 2.24) is 9.55 Å². The largest absolute Gasteiger partial charge is 0.394 e. The fourth-order valence-corrected chi connectivity index (χ4v) is 3.33. The lowest BCUT2D eigenvalue weighted by molar-refractivity contribution is -0.184. The third-order valence-electron chi connectivity index (χ3n) is 4.03. The Kier molecular flexibility index (Phi) is 4.94. The third-order valence-corrected chi connectivity index (χ3v) is 4.58. The van der Waals surface area contributed by atoms with Gasteiger partial charge in [-0.05, 0) is 18.6 Å². The summed E-state index contributed by atoms with van der Waals surface area (Å²) in [4.78, 5) is 4.12. The summed E-state index contributed by atoms with van der Waals surface area (Å²) in [5.74, 6) is -0.987. The zero-order valence-electron chi connectivity index (χ0n) is 12.7. The maximum absolute atomic E-state index is 9.38. The van der Waals surface area contributed by atoms with Crippen molar-refractivity contribution in [3.63, 3.8) is 0 Å². The molecule has 1 saturated heterocycles. The molecule has 2 atom stereocenters. The summed E-state index contributed by atoms with van der Waals surface area (Å²) < 4.78 is 13.9. The van der Waals surface area contributed by atoms with Crippen LogP contribution in [-0.4, -0.2) is 34.0 Å². The van der Waals surface area contributed by atoms with Crippen molar-refractivity contribution < 1.29 is 14.6 Å². The molecule has 2 aromatic rings. The number of aromatic nitrogens is 2. The summed E-state index contributed by atoms with van der Waals surface area (Å²) in [6.07, 6.45) is 4.46. The molecule has 1 N–H and O–H groups in total. The van der Waals surface area contributed by atoms with Crippen molar-refractivity contribution >= 4 is 23.2 Å². The second-order valence-electron chi connectivity index (χ2n) is 5.61. The molecular formula is C16H18Cl2N2O3. The van der Waals surface area contributed by atoms with Crippen LogP contribution in [-0.2, 0) is 28.7 Å². The minimum Gasteiger partial charge on any atom is -0.394 e. The Morgan fingerprint density at radius 2 is 2.26 bits per heavy atom. The Morgan fingerprint density at radius 3 is 2.87 bits per heavy atom. The van der Waals surface area contributed by atoms with Gasteiger partial charge in [0.1, 0.15) is 6.10 Å². The van der Waals surface area contributed by atoms with Crippen molar-refractivity contribution in [3.8, 4) is 0 Å². The van der Waals surface area contributed by atoms with Crippen LogP contribution >= 0.6 is 23.2 Å². The zero-order chi connectivity index (χ0) is 16.4. The standard InChI is InChI=1S/C16H18Cl2N2O3/c1-20-10-19-7-12(20)4-5-16(22-9-13(8-21)23-16)14-3-2-11(17)6-15(14)18/h2-3,6-7,10,13,21H,4-5,8-9H2,1H3/t13-,16-/m0/s1. The molecular weight excluding hydrogens is 339 g/mol. The quantitative estimate of drug-likeness (QED) is 0.894. The first-order valence-corrected chi connectivity index (χ1v) is 8.13. The average Bonchev–Trinajstić information content (AvgIpc) is 3.12. The molecule has 0 bridgehead atoms. The molecule has 3 rings (SSSR count). The smallest absolute Gasteiger partial charge is 0.197 e. The minimum absolute atomic E-state index is 0.0985. The molecule has 0 aliphatic carbocycles. The summed E-state index contributed by atoms with van der Waals surface area (Å²) in [6.45, 7) is 0.222. The van der Waals surface area contributed by atoms with E-state index in [0.29, 0.717) is 29.5 Å². The second kappa shape index (κ2) is 6.79. The molecule has 1 fully saturated rings. The van der Waals surface area contributed by atoms with Gasteiger partial charge in [0, 0.05) is 35.9 Å². The summed E-state index contributed by atoms with van der Waals surface area (Å²) in [5, 5.41) is 10.4. The molecule has 1 aromatic carbocycles. The predicted molar refractivity (Wildman–Crippen MR) is 87.6 cm³/mol. The molecule has 7 heteroatoms. The third kappa shape index (κ3) is 3.39. The number of ether oxygens (including phenoxy) is 2. The molecule has 0 radical (unpaired) electrons. The van der Waals surface area contributed by atoms with Crippen LogP contribution in [0.3, 0.4) is 0 Å². The first-order valence-electron chi connectivity index (χ1n) is 7.37. The molecule has 5 nitrogen and oxygen atoms in total. The van der Waals surface area contributed by atoms with Crippen LogP contribution in [0.2, 0.25) is 10.0 Å². The van der Waals surface area contributed by atoms with Crippen LogP contribution in [0.25, 0.3) is 0 Å². The van der Waals surface area contributed by atoms with Gasteiger partial charge >= 0.3 is 0 Å². The van der Waals surface area contributed by atoms with Gasteiger partial charge in [0.05, 0.1) is 24.6 Å². The van der Waals surface area contributed by atoms with Crippen LogP contribution < -0.4 is 0 Å². The van der Waals surface area contributed by atoms with Gasteiger partial charge in [0.2, 0.25) is 0 Å². The van der Waals surface area contributed by atoms with Crippen molar-refractivity contribution in [1.29, 1.82) is 0 Å². The van der Waals surface area contributed by atoms with Crippen LogP contribution in [0.5, 0.6) is 0 Å². The molecule has 1 aromatic heterocycles. The number of benzene rings is 1. The molecule has 0 amide bonds. The van der Waals surface area contributed by atoms with Gasteiger partial charge in [-0.2, -0.15) is 0 Å². The fourth-order valence-electron chi connectivity index (χ4n) is 2.78. The number of rotatable bonds is 5. The van der Waals surface area contributed by atoms with Gasteiger partial charge in [-0.25, -0.2) is 4.98 Å². The Hall–Kier alpha value is -1.11. The first kappa shape index (κ1) is 16.7. The average molecular weight is 357 g/mol. The molecule has 0 spiro atoms. The summed E-state index contributed by atoms with van der Waals surface area (Å²) in [5.41, 5.74) is 1.79. The minimum atomic E-state index is -0.987. The molecule has 124 valence electrons. The first-order chi connectivity index (χ1) is 11.0. The lowest BCUT2D eigenvalue weighted by atomic mass is 9.99. The summed E-state index contributed by atoms with van der Waals surface area (Å²) in [7, 11) is 1.94. The van der Waals surface area contributed by atoms with E-state index in [1.807, 2.05) is 23.9 Å². The highest BCUT2D eigenvalue weighted by Crippen LogP contribution is 2.42. The van der Waals surface area contributed by atoms with Gasteiger partial charge in [-0.1, -0.05) is 29.3 Å². The van der Waals surface area contributed by atoms with E-state index < -0.39 is 5.79 Å². The van der Waals surface area contributed by atoms with E-state index >= 15 is 0 Å². The molecule has 1 aliphatic heterocycles. The Labute approximate surface area is 144 Å². The topological polar surface area (TPSA) is 56.5 Å². The van der Waals surface area contributed by atoms with Crippen LogP contribution in [0.15, 0.2) is 30.7 Å². The van der Waals surface area contributed by atoms with Crippen LogP contribution in [0.4, 0.5) is 0 Å². The van der Waals surface area contributed by atoms with Gasteiger partial charge in [0.15, 0.2) is 5.79 Å². The normalized spacial score (nSPS) is 24.3. The SMILES string of the molecule is Cn1cncc1CC[C@]1(c2ccc(Cl)cc2Cl)OC[C@H](CO)O1. The maximum atomic E-state index is 9.38. The highest BCUT2D eigenvalue weighted by atomic mass is 35.5. The maximum Gasteiger partial charge on any atom is 0.197 e. The number of aryl methyl sites for hydroxylation is 2. The van der Waals surface area contributed by atoms with E-state index in [9.17, 15) is 5.11 Å². The molecule has 0 unspecified atom stereocenters. The monoisotopic (exact) mass is 356 g/mol. The Morgan fingerprint density at radius 1 is 1.43 bits per heavy atom. The van der Waals surface area contributed by atoms with Crippen molar-refractivity contribution in [3.05, 3.63) is 52.0 Å². The molecule has 23 heavy (non-hydrogen) atoms. The van der Waals surface area contributed by atoms with Crippen LogP contribution in [0, 0.1) is 0 Å². The zero-order valence-corrected chi connectivity index (χ0v) is 14.2. The number of aliphatic hydroxyl groups is 1. The highest BCUT2D eigenvalue weighted by molar-refractivity contribution is 6.35. The van der Waals surface area contributed by atoms with Gasteiger partial charge in [-0.3, -0.25) is 0 Å². The number of nitrogens with zero attached hydrogens (tertiary/aromatic N) is 2. The lowest BCUT2D eigenvalue weighted by Gasteiger charge is -2.29. The van der Waals surface area contributed by atoms with E-state index in [2.05, 4.69) is 4.98 Å². The van der Waals surface area contributed by atoms with E-state index in [0.717, 1.165) is 11.3 Å². The highest BCUT2D eigenvalue weighted by Gasteiger charge is 2.44. The van der Waals surface area contributed by atoms with Gasteiger partial charge in [0.25, 0.3) is 0 Å². The Bertz CT molecular complexity index is 692. The number of imidazole rings is 1. The molecule has 0 saturated carbocycles. The van der Waals surface area contributed by atoms with Gasteiger partial charge in [-0.15, -0.1) is 0 Å². The summed E-state index contributed by atoms with van der Waals surface area (Å²) in [6, 6.07) is 5.24. The number of halogens is 2. The van der Waals surface area contributed by atoms with E-state index in [1.54, 1.807) is 18.5 Å². The van der Waals surface area contributed by atoms with E-state index in [4.69, 9.17) is 32.7 Å². The summed E-state index contributed by atoms with van der Waals surface area (Å²) >= 11 is 12.3. The lowest BCUT2D eigenvalue weighted by Crippen LogP contribution is -2.30.